The standard InChI is InChI=1S/C23H27IN4O4S/c1-22(2,33(4,31)32)15-7-9-16(10-8-15)26-21-25-13-14-12-17(24)20(29)28(19(14)27-21)18-6-5-11-23(18,3)30/h7-10,12-13,18,30H,5-6,11H2,1-4H3,(H,25,26,27)/t18-,23-/m1/s1. The number of fused-ring (bicyclic) bond motifs is 1. The van der Waals surface area contributed by atoms with Crippen molar-refractivity contribution >= 4 is 55.1 Å². The molecule has 1 aliphatic carbocycles. The van der Waals surface area contributed by atoms with E-state index in [0.29, 0.717) is 39.3 Å². The number of anilines is 2. The molecule has 10 heteroatoms. The van der Waals surface area contributed by atoms with Gasteiger partial charge in [-0.25, -0.2) is 13.4 Å². The van der Waals surface area contributed by atoms with E-state index in [1.807, 2.05) is 22.6 Å². The fraction of sp³-hybridized carbons (Fsp3) is 0.435. The number of pyridine rings is 1. The van der Waals surface area contributed by atoms with E-state index in [2.05, 4.69) is 15.3 Å². The first kappa shape index (κ1) is 24.1. The minimum absolute atomic E-state index is 0.174. The first-order valence-corrected chi connectivity index (χ1v) is 13.7. The fourth-order valence-electron chi connectivity index (χ4n) is 4.27. The zero-order chi connectivity index (χ0) is 24.2. The Hall–Kier alpha value is -2.05. The number of benzene rings is 1. The molecule has 0 amide bonds. The van der Waals surface area contributed by atoms with Crippen molar-refractivity contribution in [1.29, 1.82) is 0 Å². The Bertz CT molecular complexity index is 1380. The Morgan fingerprint density at radius 1 is 1.27 bits per heavy atom. The van der Waals surface area contributed by atoms with Gasteiger partial charge in [0.25, 0.3) is 5.56 Å². The lowest BCUT2D eigenvalue weighted by atomic mass is 10.00. The average molecular weight is 582 g/mol. The smallest absolute Gasteiger partial charge is 0.266 e. The van der Waals surface area contributed by atoms with Crippen molar-refractivity contribution in [3.05, 3.63) is 56.0 Å². The number of halogens is 1. The number of hydrogen-bond acceptors (Lipinski definition) is 7. The van der Waals surface area contributed by atoms with Gasteiger partial charge in [0.15, 0.2) is 9.84 Å². The van der Waals surface area contributed by atoms with E-state index in [1.54, 1.807) is 61.9 Å². The van der Waals surface area contributed by atoms with Gasteiger partial charge in [0.1, 0.15) is 5.65 Å². The molecule has 2 N–H and O–H groups in total. The fourth-order valence-corrected chi connectivity index (χ4v) is 5.43. The molecule has 33 heavy (non-hydrogen) atoms. The third-order valence-corrected chi connectivity index (χ3v) is 9.55. The molecule has 176 valence electrons. The van der Waals surface area contributed by atoms with Gasteiger partial charge in [0.05, 0.1) is 20.0 Å². The molecular formula is C23H27IN4O4S. The molecule has 2 aromatic heterocycles. The van der Waals surface area contributed by atoms with Crippen LogP contribution in [0.25, 0.3) is 11.0 Å². The van der Waals surface area contributed by atoms with Gasteiger partial charge in [0, 0.05) is 23.5 Å². The minimum atomic E-state index is -3.28. The van der Waals surface area contributed by atoms with E-state index in [9.17, 15) is 18.3 Å². The topological polar surface area (TPSA) is 114 Å². The normalized spacial score (nSPS) is 21.5. The maximum Gasteiger partial charge on any atom is 0.266 e. The van der Waals surface area contributed by atoms with Crippen LogP contribution in [0.15, 0.2) is 41.3 Å². The van der Waals surface area contributed by atoms with Gasteiger partial charge < -0.3 is 10.4 Å². The highest BCUT2D eigenvalue weighted by atomic mass is 127. The van der Waals surface area contributed by atoms with Gasteiger partial charge >= 0.3 is 0 Å². The van der Waals surface area contributed by atoms with Gasteiger partial charge in [0.2, 0.25) is 5.95 Å². The van der Waals surface area contributed by atoms with Gasteiger partial charge in [-0.2, -0.15) is 4.98 Å². The summed E-state index contributed by atoms with van der Waals surface area (Å²) in [6.07, 6.45) is 5.05. The maximum absolute atomic E-state index is 13.1. The first-order chi connectivity index (χ1) is 15.3. The molecule has 4 rings (SSSR count). The van der Waals surface area contributed by atoms with E-state index in [-0.39, 0.29) is 11.6 Å². The Morgan fingerprint density at radius 3 is 2.52 bits per heavy atom. The van der Waals surface area contributed by atoms with Crippen LogP contribution in [0.4, 0.5) is 11.6 Å². The quantitative estimate of drug-likeness (QED) is 0.439. The molecule has 1 aromatic carbocycles. The van der Waals surface area contributed by atoms with Crippen molar-refractivity contribution in [3.8, 4) is 0 Å². The number of aromatic nitrogens is 3. The number of nitrogens with zero attached hydrogens (tertiary/aromatic N) is 3. The molecule has 8 nitrogen and oxygen atoms in total. The summed E-state index contributed by atoms with van der Waals surface area (Å²) in [4.78, 5) is 22.1. The van der Waals surface area contributed by atoms with E-state index in [1.165, 1.54) is 6.26 Å². The van der Waals surface area contributed by atoms with Crippen LogP contribution in [0.2, 0.25) is 0 Å². The molecule has 0 bridgehead atoms. The van der Waals surface area contributed by atoms with Crippen molar-refractivity contribution in [2.24, 2.45) is 0 Å². The number of aliphatic hydroxyl groups is 1. The van der Waals surface area contributed by atoms with Crippen molar-refractivity contribution in [1.82, 2.24) is 14.5 Å². The largest absolute Gasteiger partial charge is 0.388 e. The second-order valence-corrected chi connectivity index (χ2v) is 13.1. The van der Waals surface area contributed by atoms with Crippen molar-refractivity contribution in [2.75, 3.05) is 11.6 Å². The second kappa shape index (κ2) is 8.31. The van der Waals surface area contributed by atoms with E-state index < -0.39 is 20.2 Å². The second-order valence-electron chi connectivity index (χ2n) is 9.39. The molecule has 1 aliphatic rings. The highest BCUT2D eigenvalue weighted by molar-refractivity contribution is 14.1. The van der Waals surface area contributed by atoms with E-state index >= 15 is 0 Å². The van der Waals surface area contributed by atoms with Crippen LogP contribution in [0, 0.1) is 3.57 Å². The summed E-state index contributed by atoms with van der Waals surface area (Å²) in [7, 11) is -3.28. The van der Waals surface area contributed by atoms with Crippen LogP contribution in [0.1, 0.15) is 51.6 Å². The zero-order valence-electron chi connectivity index (χ0n) is 19.0. The van der Waals surface area contributed by atoms with Crippen molar-refractivity contribution in [2.45, 2.75) is 56.4 Å². The maximum atomic E-state index is 13.1. The van der Waals surface area contributed by atoms with E-state index in [4.69, 9.17) is 0 Å². The Labute approximate surface area is 206 Å². The lowest BCUT2D eigenvalue weighted by Crippen LogP contribution is -2.38. The molecule has 0 saturated heterocycles. The number of nitrogens with one attached hydrogen (secondary N) is 1. The molecular weight excluding hydrogens is 555 g/mol. The van der Waals surface area contributed by atoms with E-state index in [0.717, 1.165) is 11.8 Å². The highest BCUT2D eigenvalue weighted by Crippen LogP contribution is 2.39. The Morgan fingerprint density at radius 2 is 1.94 bits per heavy atom. The monoisotopic (exact) mass is 582 g/mol. The van der Waals surface area contributed by atoms with Crippen molar-refractivity contribution in [3.63, 3.8) is 0 Å². The van der Waals surface area contributed by atoms with Gasteiger partial charge in [-0.1, -0.05) is 12.1 Å². The van der Waals surface area contributed by atoms with Gasteiger partial charge in [-0.05, 0) is 86.4 Å². The van der Waals surface area contributed by atoms with Crippen LogP contribution < -0.4 is 10.9 Å². The number of rotatable bonds is 5. The average Bonchev–Trinajstić information content (AvgIpc) is 3.07. The van der Waals surface area contributed by atoms with Crippen LogP contribution in [0.5, 0.6) is 0 Å². The predicted octanol–water partition coefficient (Wildman–Crippen LogP) is 3.90. The molecule has 1 saturated carbocycles. The molecule has 0 radical (unpaired) electrons. The van der Waals surface area contributed by atoms with Crippen LogP contribution >= 0.6 is 22.6 Å². The molecule has 3 aromatic rings. The summed E-state index contributed by atoms with van der Waals surface area (Å²) in [5.74, 6) is 0.310. The van der Waals surface area contributed by atoms with Crippen molar-refractivity contribution < 1.29 is 13.5 Å². The van der Waals surface area contributed by atoms with Crippen LogP contribution in [0.3, 0.4) is 0 Å². The third-order valence-electron chi connectivity index (χ3n) is 6.68. The summed E-state index contributed by atoms with van der Waals surface area (Å²) >= 11 is 2.01. The third kappa shape index (κ3) is 4.40. The van der Waals surface area contributed by atoms with Crippen LogP contribution in [-0.4, -0.2) is 39.9 Å². The highest BCUT2D eigenvalue weighted by Gasteiger charge is 2.39. The summed E-state index contributed by atoms with van der Waals surface area (Å²) in [5, 5.41) is 14.7. The van der Waals surface area contributed by atoms with Gasteiger partial charge in [-0.3, -0.25) is 9.36 Å². The number of sulfone groups is 1. The molecule has 0 unspecified atom stereocenters. The predicted molar refractivity (Wildman–Crippen MR) is 138 cm³/mol. The molecule has 0 spiro atoms. The molecule has 1 fully saturated rings. The lowest BCUT2D eigenvalue weighted by Gasteiger charge is -2.28. The molecule has 2 atom stereocenters. The summed E-state index contributed by atoms with van der Waals surface area (Å²) in [6.45, 7) is 5.12. The lowest BCUT2D eigenvalue weighted by molar-refractivity contribution is 0.0266. The van der Waals surface area contributed by atoms with Gasteiger partial charge in [-0.15, -0.1) is 0 Å². The summed E-state index contributed by atoms with van der Waals surface area (Å²) in [5.41, 5.74) is 0.686. The Balaban J connectivity index is 1.73. The minimum Gasteiger partial charge on any atom is -0.388 e. The number of hydrogen-bond donors (Lipinski definition) is 2. The Kier molecular flexibility index (Phi) is 6.07. The molecule has 0 aliphatic heterocycles. The molecule has 2 heterocycles. The van der Waals surface area contributed by atoms with Crippen LogP contribution in [-0.2, 0) is 14.6 Å². The summed E-state index contributed by atoms with van der Waals surface area (Å²) in [6, 6.07) is 8.47. The SMILES string of the molecule is CC(C)(c1ccc(Nc2ncc3cc(I)c(=O)n([C@@H]4CCC[C@@]4(C)O)c3n2)cc1)S(C)(=O)=O. The zero-order valence-corrected chi connectivity index (χ0v) is 21.9. The summed E-state index contributed by atoms with van der Waals surface area (Å²) < 4.78 is 25.4. The first-order valence-electron chi connectivity index (χ1n) is 10.7.